The van der Waals surface area contributed by atoms with Crippen LogP contribution in [0.1, 0.15) is 0 Å². The van der Waals surface area contributed by atoms with E-state index in [-0.39, 0.29) is 0 Å². The van der Waals surface area contributed by atoms with Crippen molar-refractivity contribution < 1.29 is 74.6 Å². The van der Waals surface area contributed by atoms with Gasteiger partial charge in [-0.25, -0.2) is 8.78 Å². The highest BCUT2D eigenvalue weighted by Gasteiger charge is 3.09. The van der Waals surface area contributed by atoms with Gasteiger partial charge in [-0.15, -0.1) is 0 Å². The summed E-state index contributed by atoms with van der Waals surface area (Å²) in [6, 6.07) is 0. The van der Waals surface area contributed by atoms with E-state index < -0.39 is 53.6 Å². The van der Waals surface area contributed by atoms with E-state index >= 15 is 0 Å². The highest BCUT2D eigenvalue weighted by molar-refractivity contribution is 5.30. The molecule has 0 N–H and O–H groups in total. The van der Waals surface area contributed by atoms with Crippen LogP contribution < -0.4 is 0 Å². The quantitative estimate of drug-likeness (QED) is 0.497. The van der Waals surface area contributed by atoms with Crippen molar-refractivity contribution in [3.8, 4) is 0 Å². The molecule has 0 amide bonds. The second-order valence-electron chi connectivity index (χ2n) is 5.04. The fraction of sp³-hybridized carbons (Fsp3) is 1.00. The third-order valence-electron chi connectivity index (χ3n) is 3.72. The van der Waals surface area contributed by atoms with Crippen LogP contribution in [0.25, 0.3) is 0 Å². The summed E-state index contributed by atoms with van der Waals surface area (Å²) in [5.41, 5.74) is -8.58. The van der Waals surface area contributed by atoms with Crippen LogP contribution in [0.3, 0.4) is 0 Å². The number of halogens is 17. The molecule has 26 heavy (non-hydrogen) atoms. The van der Waals surface area contributed by atoms with Gasteiger partial charge in [0.25, 0.3) is 5.41 Å². The van der Waals surface area contributed by atoms with E-state index in [4.69, 9.17) is 0 Å². The molecule has 17 heteroatoms. The van der Waals surface area contributed by atoms with Crippen molar-refractivity contribution in [1.29, 1.82) is 0 Å². The first-order chi connectivity index (χ1) is 10.9. The predicted octanol–water partition coefficient (Wildman–Crippen LogP) is 5.63. The zero-order chi connectivity index (χ0) is 21.6. The molecule has 0 nitrogen and oxygen atoms in total. The van der Waals surface area contributed by atoms with Gasteiger partial charge in [0.05, 0.1) is 0 Å². The van der Waals surface area contributed by atoms with E-state index in [2.05, 4.69) is 0 Å². The molecule has 0 bridgehead atoms. The predicted molar refractivity (Wildman–Crippen MR) is 44.2 cm³/mol. The minimum absolute atomic E-state index is 6.31. The van der Waals surface area contributed by atoms with Crippen molar-refractivity contribution in [1.82, 2.24) is 0 Å². The average Bonchev–Trinajstić information content (AvgIpc) is 2.33. The molecule has 1 aliphatic carbocycles. The first-order valence-corrected chi connectivity index (χ1v) is 5.56. The zero-order valence-electron chi connectivity index (χ0n) is 11.0. The molecule has 1 fully saturated rings. The molecule has 0 saturated heterocycles. The summed E-state index contributed by atoms with van der Waals surface area (Å²) in [5.74, 6) is -49.6. The van der Waals surface area contributed by atoms with Crippen LogP contribution in [0.15, 0.2) is 0 Å². The van der Waals surface area contributed by atoms with E-state index in [1.807, 2.05) is 0 Å². The number of alkyl halides is 17. The summed E-state index contributed by atoms with van der Waals surface area (Å²) in [6.45, 7) is 0. The van der Waals surface area contributed by atoms with Crippen molar-refractivity contribution >= 4 is 0 Å². The summed E-state index contributed by atoms with van der Waals surface area (Å²) < 4.78 is 220. The number of hydrogen-bond acceptors (Lipinski definition) is 0. The standard InChI is InChI=1S/C9HF17/c10-1(11)2(12,13)3(9(24,25)26)4(14,15)6(18,19)8(22,23)7(20,21)5(3,16)17/h1H. The Hall–Kier alpha value is -1.19. The Morgan fingerprint density at radius 1 is 0.462 bits per heavy atom. The molecular formula is C9HF17. The van der Waals surface area contributed by atoms with Gasteiger partial charge in [0.2, 0.25) is 0 Å². The summed E-state index contributed by atoms with van der Waals surface area (Å²) >= 11 is 0. The maximum atomic E-state index is 13.4. The highest BCUT2D eigenvalue weighted by atomic mass is 19.4. The molecule has 0 unspecified atom stereocenters. The van der Waals surface area contributed by atoms with E-state index in [1.54, 1.807) is 0 Å². The maximum absolute atomic E-state index is 13.4. The van der Waals surface area contributed by atoms with E-state index in [1.165, 1.54) is 0 Å². The second-order valence-corrected chi connectivity index (χ2v) is 5.04. The van der Waals surface area contributed by atoms with Crippen LogP contribution in [0.2, 0.25) is 0 Å². The molecule has 0 aromatic rings. The lowest BCUT2D eigenvalue weighted by molar-refractivity contribution is -0.551. The molecule has 1 saturated carbocycles. The van der Waals surface area contributed by atoms with Gasteiger partial charge < -0.3 is 0 Å². The molecule has 0 atom stereocenters. The number of hydrogen-bond donors (Lipinski definition) is 0. The van der Waals surface area contributed by atoms with Gasteiger partial charge in [-0.05, 0) is 0 Å². The van der Waals surface area contributed by atoms with Gasteiger partial charge in [-0.3, -0.25) is 0 Å². The molecule has 1 aliphatic rings. The monoisotopic (exact) mass is 432 g/mol. The molecular weight excluding hydrogens is 431 g/mol. The Kier molecular flexibility index (Phi) is 4.39. The Bertz CT molecular complexity index is 535. The lowest BCUT2D eigenvalue weighted by Gasteiger charge is -2.57. The van der Waals surface area contributed by atoms with Crippen LogP contribution >= 0.6 is 0 Å². The van der Waals surface area contributed by atoms with Crippen LogP contribution in [0.5, 0.6) is 0 Å². The minimum Gasteiger partial charge on any atom is -0.204 e. The molecule has 0 aromatic carbocycles. The van der Waals surface area contributed by atoms with E-state index in [9.17, 15) is 74.6 Å². The van der Waals surface area contributed by atoms with Crippen LogP contribution in [-0.2, 0) is 0 Å². The fourth-order valence-corrected chi connectivity index (χ4v) is 2.39. The molecule has 0 aliphatic heterocycles. The molecule has 0 heterocycles. The van der Waals surface area contributed by atoms with Gasteiger partial charge in [-0.1, -0.05) is 0 Å². The Morgan fingerprint density at radius 2 is 0.692 bits per heavy atom. The smallest absolute Gasteiger partial charge is 0.204 e. The average molecular weight is 432 g/mol. The van der Waals surface area contributed by atoms with E-state index in [0.717, 1.165) is 0 Å². The second kappa shape index (κ2) is 4.99. The van der Waals surface area contributed by atoms with Gasteiger partial charge in [0.15, 0.2) is 0 Å². The first kappa shape index (κ1) is 22.9. The molecule has 0 radical (unpaired) electrons. The van der Waals surface area contributed by atoms with Gasteiger partial charge in [0, 0.05) is 0 Å². The van der Waals surface area contributed by atoms with Gasteiger partial charge in [-0.2, -0.15) is 65.9 Å². The summed E-state index contributed by atoms with van der Waals surface area (Å²) in [5, 5.41) is 0. The van der Waals surface area contributed by atoms with E-state index in [0.29, 0.717) is 0 Å². The van der Waals surface area contributed by atoms with Gasteiger partial charge in [0.1, 0.15) is 0 Å². The molecule has 1 rings (SSSR count). The lowest BCUT2D eigenvalue weighted by Crippen LogP contribution is -2.88. The van der Waals surface area contributed by atoms with Crippen LogP contribution in [0, 0.1) is 5.41 Å². The Labute approximate surface area is 129 Å². The minimum atomic E-state index is -8.58. The molecule has 0 spiro atoms. The third kappa shape index (κ3) is 1.84. The van der Waals surface area contributed by atoms with Crippen molar-refractivity contribution in [3.63, 3.8) is 0 Å². The van der Waals surface area contributed by atoms with Crippen LogP contribution in [-0.4, -0.2) is 48.1 Å². The van der Waals surface area contributed by atoms with Crippen molar-refractivity contribution in [2.24, 2.45) is 5.41 Å². The topological polar surface area (TPSA) is 0 Å². The summed E-state index contributed by atoms with van der Waals surface area (Å²) in [7, 11) is 0. The Morgan fingerprint density at radius 3 is 0.885 bits per heavy atom. The largest absolute Gasteiger partial charge is 0.412 e. The molecule has 156 valence electrons. The zero-order valence-corrected chi connectivity index (χ0v) is 11.0. The van der Waals surface area contributed by atoms with Gasteiger partial charge >= 0.3 is 48.1 Å². The van der Waals surface area contributed by atoms with Crippen LogP contribution in [0.4, 0.5) is 74.6 Å². The highest BCUT2D eigenvalue weighted by Crippen LogP contribution is 2.78. The Balaban J connectivity index is 4.31. The SMILES string of the molecule is FC(F)C(F)(F)C1(C(F)(F)F)C(F)(F)C(F)(F)C(F)(F)C(F)(F)C1(F)F. The fourth-order valence-electron chi connectivity index (χ4n) is 2.39. The summed E-state index contributed by atoms with van der Waals surface area (Å²) in [6.07, 6.45) is -14.7. The normalized spacial score (nSPS) is 28.8. The molecule has 0 aromatic heterocycles. The maximum Gasteiger partial charge on any atom is 0.412 e. The summed E-state index contributed by atoms with van der Waals surface area (Å²) in [4.78, 5) is 0. The number of rotatable bonds is 2. The lowest BCUT2D eigenvalue weighted by atomic mass is 9.59. The third-order valence-corrected chi connectivity index (χ3v) is 3.72. The van der Waals surface area contributed by atoms with Crippen molar-refractivity contribution in [2.45, 2.75) is 48.1 Å². The first-order valence-electron chi connectivity index (χ1n) is 5.56. The van der Waals surface area contributed by atoms with Crippen molar-refractivity contribution in [3.05, 3.63) is 0 Å². The van der Waals surface area contributed by atoms with Crippen molar-refractivity contribution in [2.75, 3.05) is 0 Å².